The number of carbonyl (C=O) groups excluding carboxylic acids is 1. The van der Waals surface area contributed by atoms with E-state index in [1.165, 1.54) is 11.1 Å². The van der Waals surface area contributed by atoms with Crippen LogP contribution in [-0.2, 0) is 4.79 Å². The summed E-state index contributed by atoms with van der Waals surface area (Å²) in [6.07, 6.45) is 5.27. The number of amides is 1. The van der Waals surface area contributed by atoms with Gasteiger partial charge < -0.3 is 10.3 Å². The van der Waals surface area contributed by atoms with Gasteiger partial charge in [0.1, 0.15) is 0 Å². The molecule has 0 atom stereocenters. The second-order valence-electron chi connectivity index (χ2n) is 5.27. The van der Waals surface area contributed by atoms with Gasteiger partial charge in [0, 0.05) is 22.7 Å². The number of hydrogen-bond donors (Lipinski definition) is 2. The number of rotatable bonds is 4. The van der Waals surface area contributed by atoms with Crippen LogP contribution in [0, 0.1) is 13.8 Å². The summed E-state index contributed by atoms with van der Waals surface area (Å²) < 4.78 is 0. The molecular weight excluding hydrogens is 236 g/mol. The van der Waals surface area contributed by atoms with Gasteiger partial charge in [-0.2, -0.15) is 0 Å². The Morgan fingerprint density at radius 3 is 2.58 bits per heavy atom. The first-order chi connectivity index (χ1) is 9.02. The lowest BCUT2D eigenvalue weighted by molar-refractivity contribution is -0.116. The molecule has 0 aliphatic carbocycles. The number of allylic oxidation sites excluding steroid dienone is 1. The van der Waals surface area contributed by atoms with Crippen LogP contribution in [0.2, 0.25) is 0 Å². The zero-order valence-electron chi connectivity index (χ0n) is 12.2. The summed E-state index contributed by atoms with van der Waals surface area (Å²) in [7, 11) is 0. The fourth-order valence-electron chi connectivity index (χ4n) is 2.47. The number of nitrogens with one attached hydrogen (secondary N) is 2. The Bertz CT molecular complexity index is 561. The zero-order chi connectivity index (χ0) is 14.0. The number of aromatic amines is 1. The quantitative estimate of drug-likeness (QED) is 0.851. The minimum Gasteiger partial charge on any atom is -0.359 e. The third-order valence-corrected chi connectivity index (χ3v) is 3.63. The molecule has 1 aliphatic heterocycles. The van der Waals surface area contributed by atoms with Crippen LogP contribution in [-0.4, -0.2) is 10.9 Å². The number of carbonyl (C=O) groups is 1. The van der Waals surface area contributed by atoms with Gasteiger partial charge in [-0.15, -0.1) is 0 Å². The third kappa shape index (κ3) is 2.80. The van der Waals surface area contributed by atoms with E-state index in [0.717, 1.165) is 41.9 Å². The summed E-state index contributed by atoms with van der Waals surface area (Å²) in [5.74, 6) is 0.0401. The molecule has 1 amide bonds. The van der Waals surface area contributed by atoms with Crippen LogP contribution >= 0.6 is 0 Å². The van der Waals surface area contributed by atoms with E-state index in [1.54, 1.807) is 0 Å². The van der Waals surface area contributed by atoms with Crippen molar-refractivity contribution in [2.24, 2.45) is 0 Å². The Morgan fingerprint density at radius 1 is 1.26 bits per heavy atom. The van der Waals surface area contributed by atoms with E-state index in [4.69, 9.17) is 0 Å². The molecule has 0 saturated carbocycles. The average Bonchev–Trinajstić information content (AvgIpc) is 2.79. The first-order valence-corrected chi connectivity index (χ1v) is 6.92. The Morgan fingerprint density at radius 2 is 2.00 bits per heavy atom. The van der Waals surface area contributed by atoms with Gasteiger partial charge in [0.15, 0.2) is 0 Å². The maximum Gasteiger partial charge on any atom is 0.251 e. The van der Waals surface area contributed by atoms with E-state index in [9.17, 15) is 4.79 Å². The molecule has 0 spiro atoms. The van der Waals surface area contributed by atoms with E-state index in [2.05, 4.69) is 36.3 Å². The van der Waals surface area contributed by atoms with Gasteiger partial charge in [-0.3, -0.25) is 4.79 Å². The molecule has 3 heteroatoms. The Balaban J connectivity index is 2.33. The van der Waals surface area contributed by atoms with Crippen molar-refractivity contribution >= 4 is 12.0 Å². The fraction of sp³-hybridized carbons (Fsp3) is 0.438. The highest BCUT2D eigenvalue weighted by molar-refractivity contribution is 6.00. The molecule has 2 rings (SSSR count). The molecule has 1 aromatic rings. The minimum absolute atomic E-state index is 0.0401. The summed E-state index contributed by atoms with van der Waals surface area (Å²) in [4.78, 5) is 15.1. The predicted molar refractivity (Wildman–Crippen MR) is 78.6 cm³/mol. The van der Waals surface area contributed by atoms with Crippen molar-refractivity contribution in [3.63, 3.8) is 0 Å². The maximum atomic E-state index is 11.8. The number of hydrogen-bond acceptors (Lipinski definition) is 1. The van der Waals surface area contributed by atoms with Crippen LogP contribution in [0.5, 0.6) is 0 Å². The van der Waals surface area contributed by atoms with Gasteiger partial charge >= 0.3 is 0 Å². The zero-order valence-corrected chi connectivity index (χ0v) is 12.2. The largest absolute Gasteiger partial charge is 0.359 e. The Hall–Kier alpha value is -1.77. The summed E-state index contributed by atoms with van der Waals surface area (Å²) in [6, 6.07) is 2.12. The van der Waals surface area contributed by atoms with Gasteiger partial charge in [0.25, 0.3) is 5.91 Å². The first kappa shape index (κ1) is 13.7. The Kier molecular flexibility index (Phi) is 3.93. The minimum atomic E-state index is 0.0401. The molecule has 0 unspecified atom stereocenters. The van der Waals surface area contributed by atoms with Crippen molar-refractivity contribution in [1.82, 2.24) is 10.3 Å². The van der Waals surface area contributed by atoms with Crippen LogP contribution in [0.1, 0.15) is 50.1 Å². The lowest BCUT2D eigenvalue weighted by Crippen LogP contribution is -2.15. The fourth-order valence-corrected chi connectivity index (χ4v) is 2.47. The molecule has 2 N–H and O–H groups in total. The second kappa shape index (κ2) is 5.47. The smallest absolute Gasteiger partial charge is 0.251 e. The molecule has 0 radical (unpaired) electrons. The van der Waals surface area contributed by atoms with E-state index in [1.807, 2.05) is 13.8 Å². The number of H-pyrrole nitrogens is 1. The highest BCUT2D eigenvalue weighted by Gasteiger charge is 2.23. The maximum absolute atomic E-state index is 11.8. The number of unbranched alkanes of at least 4 members (excludes halogenated alkanes) is 1. The topological polar surface area (TPSA) is 44.9 Å². The van der Waals surface area contributed by atoms with Gasteiger partial charge in [-0.1, -0.05) is 13.3 Å². The monoisotopic (exact) mass is 258 g/mol. The lowest BCUT2D eigenvalue weighted by Gasteiger charge is -2.05. The van der Waals surface area contributed by atoms with Crippen LogP contribution in [0.25, 0.3) is 6.08 Å². The van der Waals surface area contributed by atoms with Crippen molar-refractivity contribution in [2.75, 3.05) is 0 Å². The average molecular weight is 258 g/mol. The van der Waals surface area contributed by atoms with Crippen LogP contribution < -0.4 is 5.32 Å². The molecule has 0 fully saturated rings. The van der Waals surface area contributed by atoms with Gasteiger partial charge in [0.2, 0.25) is 0 Å². The van der Waals surface area contributed by atoms with E-state index >= 15 is 0 Å². The van der Waals surface area contributed by atoms with Crippen LogP contribution in [0.4, 0.5) is 0 Å². The molecule has 0 bridgehead atoms. The van der Waals surface area contributed by atoms with Gasteiger partial charge in [-0.25, -0.2) is 0 Å². The Labute approximate surface area is 114 Å². The molecule has 3 nitrogen and oxygen atoms in total. The van der Waals surface area contributed by atoms with Crippen molar-refractivity contribution in [3.05, 3.63) is 39.9 Å². The normalized spacial score (nSPS) is 17.5. The number of aryl methyl sites for hydroxylation is 2. The van der Waals surface area contributed by atoms with Crippen molar-refractivity contribution in [2.45, 2.75) is 47.0 Å². The molecule has 0 aromatic carbocycles. The summed E-state index contributed by atoms with van der Waals surface area (Å²) in [6.45, 7) is 8.20. The molecule has 102 valence electrons. The van der Waals surface area contributed by atoms with Crippen molar-refractivity contribution < 1.29 is 4.79 Å². The molecule has 0 saturated heterocycles. The van der Waals surface area contributed by atoms with E-state index in [0.29, 0.717) is 0 Å². The van der Waals surface area contributed by atoms with E-state index < -0.39 is 0 Å². The standard InChI is InChI=1S/C16H22N2O/c1-5-6-7-13-12(4)16(19)18-15(13)9-14-10(2)8-11(3)17-14/h8-9,17H,5-7H2,1-4H3,(H,18,19)/b15-9-. The van der Waals surface area contributed by atoms with Crippen molar-refractivity contribution in [3.8, 4) is 0 Å². The molecule has 19 heavy (non-hydrogen) atoms. The SMILES string of the molecule is CCCCC1=C(C)C(=O)N/C1=C\c1[nH]c(C)cc1C. The highest BCUT2D eigenvalue weighted by Crippen LogP contribution is 2.27. The van der Waals surface area contributed by atoms with E-state index in [-0.39, 0.29) is 5.91 Å². The van der Waals surface area contributed by atoms with Gasteiger partial charge in [0.05, 0.1) is 0 Å². The molecule has 1 aliphatic rings. The van der Waals surface area contributed by atoms with Crippen LogP contribution in [0.3, 0.4) is 0 Å². The lowest BCUT2D eigenvalue weighted by atomic mass is 10.0. The molecule has 2 heterocycles. The van der Waals surface area contributed by atoms with Crippen molar-refractivity contribution in [1.29, 1.82) is 0 Å². The first-order valence-electron chi connectivity index (χ1n) is 6.92. The molecular formula is C16H22N2O. The third-order valence-electron chi connectivity index (χ3n) is 3.63. The second-order valence-corrected chi connectivity index (χ2v) is 5.27. The summed E-state index contributed by atoms with van der Waals surface area (Å²) in [5, 5.41) is 2.98. The molecule has 1 aromatic heterocycles. The predicted octanol–water partition coefficient (Wildman–Crippen LogP) is 3.61. The van der Waals surface area contributed by atoms with Gasteiger partial charge in [-0.05, 0) is 56.9 Å². The van der Waals surface area contributed by atoms with Crippen LogP contribution in [0.15, 0.2) is 22.9 Å². The summed E-state index contributed by atoms with van der Waals surface area (Å²) in [5.41, 5.74) is 6.42. The number of aromatic nitrogens is 1. The highest BCUT2D eigenvalue weighted by atomic mass is 16.1. The summed E-state index contributed by atoms with van der Waals surface area (Å²) >= 11 is 0.